The molecule has 0 fully saturated rings. The van der Waals surface area contributed by atoms with E-state index in [1.807, 2.05) is 6.92 Å². The summed E-state index contributed by atoms with van der Waals surface area (Å²) in [6.45, 7) is 1.86. The van der Waals surface area contributed by atoms with E-state index in [9.17, 15) is 4.79 Å². The molecule has 2 aromatic carbocycles. The summed E-state index contributed by atoms with van der Waals surface area (Å²) in [4.78, 5) is 12.5. The Morgan fingerprint density at radius 3 is 2.50 bits per heavy atom. The van der Waals surface area contributed by atoms with E-state index in [1.54, 1.807) is 25.3 Å². The van der Waals surface area contributed by atoms with Gasteiger partial charge in [0.25, 0.3) is 0 Å². The average molecular weight is 310 g/mol. The predicted molar refractivity (Wildman–Crippen MR) is 82.0 cm³/mol. The van der Waals surface area contributed by atoms with Crippen LogP contribution in [0.25, 0.3) is 0 Å². The van der Waals surface area contributed by atoms with Crippen molar-refractivity contribution in [2.45, 2.75) is 6.92 Å². The minimum atomic E-state index is -0.227. The number of carbonyl (C=O) groups excluding carboxylic acids is 1. The number of ketones is 1. The maximum absolute atomic E-state index is 12.5. The maximum atomic E-state index is 12.5. The Morgan fingerprint density at radius 1 is 1.20 bits per heavy atom. The smallest absolute Gasteiger partial charge is 0.194 e. The van der Waals surface area contributed by atoms with Crippen molar-refractivity contribution < 1.29 is 9.53 Å². The van der Waals surface area contributed by atoms with Crippen LogP contribution in [0.5, 0.6) is 5.75 Å². The minimum absolute atomic E-state index is 0.208. The van der Waals surface area contributed by atoms with E-state index in [0.717, 1.165) is 11.3 Å². The predicted octanol–water partition coefficient (Wildman–Crippen LogP) is 4.12. The fourth-order valence-corrected chi connectivity index (χ4v) is 2.37. The first-order valence-electron chi connectivity index (χ1n) is 5.88. The molecule has 0 bridgehead atoms. The molecule has 0 unspecified atom stereocenters. The fraction of sp³-hybridized carbons (Fsp3) is 0.133. The van der Waals surface area contributed by atoms with E-state index in [0.29, 0.717) is 16.8 Å². The van der Waals surface area contributed by atoms with Crippen LogP contribution in [0, 0.1) is 6.92 Å². The normalized spacial score (nSPS) is 10.4. The van der Waals surface area contributed by atoms with E-state index in [1.165, 1.54) is 12.1 Å². The zero-order valence-electron chi connectivity index (χ0n) is 11.0. The van der Waals surface area contributed by atoms with Crippen molar-refractivity contribution in [2.24, 2.45) is 0 Å². The Morgan fingerprint density at radius 2 is 1.90 bits per heavy atom. The Bertz CT molecular complexity index is 684. The van der Waals surface area contributed by atoms with Gasteiger partial charge in [0.15, 0.2) is 5.78 Å². The Hall–Kier alpha value is -1.71. The highest BCUT2D eigenvalue weighted by Gasteiger charge is 2.17. The number of hydrogen-bond donors (Lipinski definition) is 1. The third kappa shape index (κ3) is 2.74. The molecule has 0 aliphatic rings. The summed E-state index contributed by atoms with van der Waals surface area (Å²) < 4.78 is 5.17. The molecule has 0 atom stereocenters. The molecule has 0 radical (unpaired) electrons. The zero-order chi connectivity index (χ0) is 14.9. The lowest BCUT2D eigenvalue weighted by Crippen LogP contribution is -2.04. The lowest BCUT2D eigenvalue weighted by Gasteiger charge is -2.09. The van der Waals surface area contributed by atoms with Crippen molar-refractivity contribution in [3.63, 3.8) is 0 Å². The molecule has 0 spiro atoms. The Labute approximate surface area is 127 Å². The van der Waals surface area contributed by atoms with Crippen molar-refractivity contribution >= 4 is 34.7 Å². The first kappa shape index (κ1) is 14.7. The fourth-order valence-electron chi connectivity index (χ4n) is 1.95. The molecule has 0 saturated carbocycles. The topological polar surface area (TPSA) is 52.3 Å². The summed E-state index contributed by atoms with van der Waals surface area (Å²) in [5.41, 5.74) is 7.77. The van der Waals surface area contributed by atoms with Crippen LogP contribution in [-0.4, -0.2) is 12.9 Å². The van der Waals surface area contributed by atoms with Crippen LogP contribution in [0.2, 0.25) is 10.0 Å². The number of carbonyl (C=O) groups is 1. The first-order valence-corrected chi connectivity index (χ1v) is 6.63. The summed E-state index contributed by atoms with van der Waals surface area (Å²) in [6.07, 6.45) is 0. The second kappa shape index (κ2) is 5.73. The molecular formula is C15H13Cl2NO2. The molecule has 0 aliphatic carbocycles. The average Bonchev–Trinajstić information content (AvgIpc) is 2.42. The van der Waals surface area contributed by atoms with Crippen molar-refractivity contribution in [1.82, 2.24) is 0 Å². The number of hydrogen-bond acceptors (Lipinski definition) is 3. The monoisotopic (exact) mass is 309 g/mol. The van der Waals surface area contributed by atoms with E-state index < -0.39 is 0 Å². The van der Waals surface area contributed by atoms with Gasteiger partial charge in [-0.15, -0.1) is 0 Å². The molecule has 2 aromatic rings. The number of anilines is 1. The number of aryl methyl sites for hydroxylation is 1. The first-order chi connectivity index (χ1) is 9.43. The van der Waals surface area contributed by atoms with Crippen LogP contribution in [0.15, 0.2) is 30.3 Å². The van der Waals surface area contributed by atoms with Crippen molar-refractivity contribution in [1.29, 1.82) is 0 Å². The summed E-state index contributed by atoms with van der Waals surface area (Å²) in [5.74, 6) is 0.494. The van der Waals surface area contributed by atoms with Crippen molar-refractivity contribution in [3.8, 4) is 5.75 Å². The standard InChI is InChI=1S/C15H13Cl2NO2/c1-8-5-9(3-4-13(8)20-2)15(19)11-6-10(18)7-12(16)14(11)17/h3-7H,18H2,1-2H3. The summed E-state index contributed by atoms with van der Waals surface area (Å²) in [5, 5.41) is 0.472. The van der Waals surface area contributed by atoms with Gasteiger partial charge in [0, 0.05) is 16.8 Å². The van der Waals surface area contributed by atoms with Crippen molar-refractivity contribution in [3.05, 3.63) is 57.1 Å². The largest absolute Gasteiger partial charge is 0.496 e. The lowest BCUT2D eigenvalue weighted by molar-refractivity contribution is 0.103. The highest BCUT2D eigenvalue weighted by Crippen LogP contribution is 2.31. The summed E-state index contributed by atoms with van der Waals surface area (Å²) in [7, 11) is 1.58. The second-order valence-electron chi connectivity index (χ2n) is 4.38. The number of nitrogens with two attached hydrogens (primary N) is 1. The van der Waals surface area contributed by atoms with Crippen LogP contribution < -0.4 is 10.5 Å². The van der Waals surface area contributed by atoms with Crippen LogP contribution in [0.4, 0.5) is 5.69 Å². The van der Waals surface area contributed by atoms with Crippen LogP contribution in [-0.2, 0) is 0 Å². The van der Waals surface area contributed by atoms with Gasteiger partial charge >= 0.3 is 0 Å². The van der Waals surface area contributed by atoms with Gasteiger partial charge in [-0.1, -0.05) is 23.2 Å². The van der Waals surface area contributed by atoms with Gasteiger partial charge in [0.1, 0.15) is 5.75 Å². The van der Waals surface area contributed by atoms with E-state index in [-0.39, 0.29) is 15.8 Å². The van der Waals surface area contributed by atoms with E-state index in [2.05, 4.69) is 0 Å². The molecule has 2 N–H and O–H groups in total. The molecule has 0 amide bonds. The second-order valence-corrected chi connectivity index (χ2v) is 5.16. The molecule has 0 aliphatic heterocycles. The summed E-state index contributed by atoms with van der Waals surface area (Å²) in [6, 6.07) is 8.20. The van der Waals surface area contributed by atoms with Gasteiger partial charge in [-0.25, -0.2) is 0 Å². The van der Waals surface area contributed by atoms with Gasteiger partial charge < -0.3 is 10.5 Å². The van der Waals surface area contributed by atoms with Crippen LogP contribution in [0.3, 0.4) is 0 Å². The van der Waals surface area contributed by atoms with E-state index in [4.69, 9.17) is 33.7 Å². The number of rotatable bonds is 3. The molecule has 0 saturated heterocycles. The van der Waals surface area contributed by atoms with Crippen LogP contribution in [0.1, 0.15) is 21.5 Å². The lowest BCUT2D eigenvalue weighted by atomic mass is 10.0. The quantitative estimate of drug-likeness (QED) is 0.685. The number of ether oxygens (including phenoxy) is 1. The zero-order valence-corrected chi connectivity index (χ0v) is 12.5. The number of halogens is 2. The van der Waals surface area contributed by atoms with Gasteiger partial charge in [0.05, 0.1) is 17.2 Å². The van der Waals surface area contributed by atoms with Gasteiger partial charge in [-0.05, 0) is 42.8 Å². The molecule has 3 nitrogen and oxygen atoms in total. The Balaban J connectivity index is 2.49. The van der Waals surface area contributed by atoms with Crippen LogP contribution >= 0.6 is 23.2 Å². The minimum Gasteiger partial charge on any atom is -0.496 e. The highest BCUT2D eigenvalue weighted by molar-refractivity contribution is 6.44. The number of nitrogen functional groups attached to an aromatic ring is 1. The Kier molecular flexibility index (Phi) is 4.21. The van der Waals surface area contributed by atoms with Gasteiger partial charge in [-0.2, -0.15) is 0 Å². The number of benzene rings is 2. The third-order valence-electron chi connectivity index (χ3n) is 2.95. The maximum Gasteiger partial charge on any atom is 0.194 e. The van der Waals surface area contributed by atoms with E-state index >= 15 is 0 Å². The molecule has 104 valence electrons. The van der Waals surface area contributed by atoms with Gasteiger partial charge in [0.2, 0.25) is 0 Å². The van der Waals surface area contributed by atoms with Gasteiger partial charge in [-0.3, -0.25) is 4.79 Å². The molecule has 0 aromatic heterocycles. The summed E-state index contributed by atoms with van der Waals surface area (Å²) >= 11 is 12.0. The molecule has 5 heteroatoms. The third-order valence-corrected chi connectivity index (χ3v) is 3.75. The molecular weight excluding hydrogens is 297 g/mol. The SMILES string of the molecule is COc1ccc(C(=O)c2cc(N)cc(Cl)c2Cl)cc1C. The molecule has 20 heavy (non-hydrogen) atoms. The van der Waals surface area contributed by atoms with Crippen molar-refractivity contribution in [2.75, 3.05) is 12.8 Å². The molecule has 0 heterocycles. The molecule has 2 rings (SSSR count). The number of methoxy groups -OCH3 is 1. The highest BCUT2D eigenvalue weighted by atomic mass is 35.5.